The van der Waals surface area contributed by atoms with E-state index in [2.05, 4.69) is 10.0 Å². The fraction of sp³-hybridized carbons (Fsp3) is 1.00. The van der Waals surface area contributed by atoms with E-state index < -0.39 is 21.0 Å². The molecular formula is C2H9NO5P2. The number of nitrogens with two attached hydrogens (primary N) is 1. The van der Waals surface area contributed by atoms with E-state index in [-0.39, 0.29) is 0 Å². The summed E-state index contributed by atoms with van der Waals surface area (Å²) in [5, 5.41) is 0. The third kappa shape index (κ3) is 5.11. The molecule has 2 unspecified atom stereocenters. The number of hydrogen-bond donors (Lipinski definition) is 3. The molecule has 0 saturated carbocycles. The van der Waals surface area contributed by atoms with E-state index in [9.17, 15) is 9.13 Å². The van der Waals surface area contributed by atoms with Crippen LogP contribution in [0.15, 0.2) is 0 Å². The zero-order valence-electron chi connectivity index (χ0n) is 5.30. The number of rotatable bonds is 3. The smallest absolute Gasteiger partial charge is 0.333 e. The van der Waals surface area contributed by atoms with E-state index in [1.165, 1.54) is 0 Å². The van der Waals surface area contributed by atoms with Crippen molar-refractivity contribution in [3.05, 3.63) is 0 Å². The Balaban J connectivity index is 4.17. The second kappa shape index (κ2) is 3.13. The normalized spacial score (nSPS) is 23.2. The summed E-state index contributed by atoms with van der Waals surface area (Å²) < 4.78 is 24.8. The highest BCUT2D eigenvalue weighted by atomic mass is 31.2. The standard InChI is InChI=1S/C2H9NO5P2/c1-8-10(6,7)2-9(3,4)5/h2H2,1H3,(H,6,7)(H3,3,4,5). The Morgan fingerprint density at radius 3 is 2.00 bits per heavy atom. The molecule has 0 aromatic heterocycles. The predicted octanol–water partition coefficient (Wildman–Crippen LogP) is -0.0802. The minimum Gasteiger partial charge on any atom is -0.333 e. The Hall–Kier alpha value is 0.300. The molecule has 0 aliphatic rings. The third-order valence-electron chi connectivity index (χ3n) is 0.667. The molecule has 0 spiro atoms. The second-order valence-electron chi connectivity index (χ2n) is 1.72. The lowest BCUT2D eigenvalue weighted by Gasteiger charge is -2.09. The first-order chi connectivity index (χ1) is 4.27. The zero-order valence-corrected chi connectivity index (χ0v) is 7.09. The predicted molar refractivity (Wildman–Crippen MR) is 35.7 cm³/mol. The summed E-state index contributed by atoms with van der Waals surface area (Å²) in [6.07, 6.45) is 0. The average Bonchev–Trinajstić information content (AvgIpc) is 1.60. The van der Waals surface area contributed by atoms with E-state index in [1.54, 1.807) is 0 Å². The topological polar surface area (TPSA) is 110 Å². The lowest BCUT2D eigenvalue weighted by atomic mass is 11.8. The molecule has 62 valence electrons. The summed E-state index contributed by atoms with van der Waals surface area (Å²) in [7, 11) is -6.91. The summed E-state index contributed by atoms with van der Waals surface area (Å²) in [4.78, 5) is 17.0. The molecule has 4 N–H and O–H groups in total. The zero-order chi connectivity index (χ0) is 8.41. The molecule has 0 amide bonds. The van der Waals surface area contributed by atoms with Crippen LogP contribution >= 0.6 is 15.1 Å². The van der Waals surface area contributed by atoms with Gasteiger partial charge in [-0.05, 0) is 0 Å². The molecule has 0 aliphatic heterocycles. The van der Waals surface area contributed by atoms with Gasteiger partial charge in [-0.25, -0.2) is 0 Å². The summed E-state index contributed by atoms with van der Waals surface area (Å²) in [5.74, 6) is -0.906. The molecule has 0 heterocycles. The van der Waals surface area contributed by atoms with Crippen LogP contribution in [0.25, 0.3) is 0 Å². The van der Waals surface area contributed by atoms with Gasteiger partial charge in [0.2, 0.25) is 0 Å². The largest absolute Gasteiger partial charge is 0.338 e. The van der Waals surface area contributed by atoms with Crippen LogP contribution < -0.4 is 5.50 Å². The molecule has 0 aromatic rings. The summed E-state index contributed by atoms with van der Waals surface area (Å²) in [5.41, 5.74) is 4.60. The van der Waals surface area contributed by atoms with Gasteiger partial charge in [0.25, 0.3) is 7.52 Å². The molecular weight excluding hydrogens is 180 g/mol. The van der Waals surface area contributed by atoms with Crippen molar-refractivity contribution in [3.63, 3.8) is 0 Å². The Kier molecular flexibility index (Phi) is 3.23. The van der Waals surface area contributed by atoms with Gasteiger partial charge in [-0.1, -0.05) is 0 Å². The summed E-state index contributed by atoms with van der Waals surface area (Å²) in [6, 6.07) is 0. The quantitative estimate of drug-likeness (QED) is 0.535. The van der Waals surface area contributed by atoms with E-state index >= 15 is 0 Å². The average molecular weight is 189 g/mol. The van der Waals surface area contributed by atoms with Crippen molar-refractivity contribution in [3.8, 4) is 0 Å². The van der Waals surface area contributed by atoms with Gasteiger partial charge in [0, 0.05) is 7.11 Å². The first-order valence-electron chi connectivity index (χ1n) is 2.25. The molecule has 0 aromatic carbocycles. The lowest BCUT2D eigenvalue weighted by Crippen LogP contribution is -2.00. The van der Waals surface area contributed by atoms with Crippen molar-refractivity contribution in [2.45, 2.75) is 0 Å². The van der Waals surface area contributed by atoms with Gasteiger partial charge in [0.05, 0.1) is 0 Å². The maximum absolute atomic E-state index is 10.5. The highest BCUT2D eigenvalue weighted by Gasteiger charge is 2.27. The molecule has 0 aliphatic carbocycles. The van der Waals surface area contributed by atoms with Gasteiger partial charge >= 0.3 is 7.60 Å². The molecule has 0 bridgehead atoms. The van der Waals surface area contributed by atoms with Crippen molar-refractivity contribution in [1.82, 2.24) is 0 Å². The van der Waals surface area contributed by atoms with Crippen molar-refractivity contribution in [1.29, 1.82) is 0 Å². The van der Waals surface area contributed by atoms with Crippen LogP contribution in [0.5, 0.6) is 0 Å². The van der Waals surface area contributed by atoms with Gasteiger partial charge < -0.3 is 14.3 Å². The SMILES string of the molecule is COP(=O)(O)CP(N)(=O)O. The fourth-order valence-electron chi connectivity index (χ4n) is 0.314. The minimum absolute atomic E-state index is 0.906. The lowest BCUT2D eigenvalue weighted by molar-refractivity contribution is 0.319. The van der Waals surface area contributed by atoms with Crippen LogP contribution in [0, 0.1) is 0 Å². The highest BCUT2D eigenvalue weighted by Crippen LogP contribution is 2.52. The molecule has 0 rings (SSSR count). The number of hydrogen-bond acceptors (Lipinski definition) is 3. The molecule has 0 radical (unpaired) electrons. The van der Waals surface area contributed by atoms with Gasteiger partial charge in [0.15, 0.2) is 0 Å². The van der Waals surface area contributed by atoms with Crippen LogP contribution in [0.4, 0.5) is 0 Å². The Labute approximate surface area is 58.0 Å². The van der Waals surface area contributed by atoms with Gasteiger partial charge in [-0.3, -0.25) is 14.6 Å². The van der Waals surface area contributed by atoms with E-state index in [1.807, 2.05) is 0 Å². The van der Waals surface area contributed by atoms with Crippen molar-refractivity contribution in [2.75, 3.05) is 13.0 Å². The van der Waals surface area contributed by atoms with Crippen molar-refractivity contribution >= 4 is 15.1 Å². The van der Waals surface area contributed by atoms with Crippen LogP contribution in [0.1, 0.15) is 0 Å². The van der Waals surface area contributed by atoms with Gasteiger partial charge in [-0.15, -0.1) is 0 Å². The Morgan fingerprint density at radius 1 is 1.50 bits per heavy atom. The minimum atomic E-state index is -3.94. The van der Waals surface area contributed by atoms with Crippen LogP contribution in [-0.4, -0.2) is 22.8 Å². The Bertz CT molecular complexity index is 196. The fourth-order valence-corrected chi connectivity index (χ4v) is 2.82. The molecule has 6 nitrogen and oxygen atoms in total. The van der Waals surface area contributed by atoms with E-state index in [0.29, 0.717) is 0 Å². The van der Waals surface area contributed by atoms with Crippen molar-refractivity contribution < 1.29 is 23.4 Å². The highest BCUT2D eigenvalue weighted by molar-refractivity contribution is 7.71. The van der Waals surface area contributed by atoms with E-state index in [4.69, 9.17) is 9.79 Å². The Morgan fingerprint density at radius 2 is 1.90 bits per heavy atom. The summed E-state index contributed by atoms with van der Waals surface area (Å²) in [6.45, 7) is 0. The maximum Gasteiger partial charge on any atom is 0.338 e. The molecule has 10 heavy (non-hydrogen) atoms. The third-order valence-corrected chi connectivity index (χ3v) is 4.29. The van der Waals surface area contributed by atoms with Crippen LogP contribution in [0.2, 0.25) is 0 Å². The first kappa shape index (κ1) is 10.3. The van der Waals surface area contributed by atoms with Gasteiger partial charge in [0.1, 0.15) is 5.90 Å². The molecule has 0 saturated heterocycles. The van der Waals surface area contributed by atoms with Crippen LogP contribution in [0.3, 0.4) is 0 Å². The molecule has 8 heteroatoms. The van der Waals surface area contributed by atoms with Gasteiger partial charge in [-0.2, -0.15) is 0 Å². The summed E-state index contributed by atoms with van der Waals surface area (Å²) >= 11 is 0. The molecule has 2 atom stereocenters. The van der Waals surface area contributed by atoms with E-state index in [0.717, 1.165) is 7.11 Å². The first-order valence-corrected chi connectivity index (χ1v) is 5.92. The van der Waals surface area contributed by atoms with Crippen molar-refractivity contribution in [2.24, 2.45) is 5.50 Å². The molecule has 0 fully saturated rings. The monoisotopic (exact) mass is 189 g/mol. The van der Waals surface area contributed by atoms with Crippen LogP contribution in [-0.2, 0) is 13.7 Å². The maximum atomic E-state index is 10.5. The second-order valence-corrected chi connectivity index (χ2v) is 6.00.